The Morgan fingerprint density at radius 1 is 1.38 bits per heavy atom. The molecule has 0 saturated carbocycles. The van der Waals surface area contributed by atoms with E-state index in [2.05, 4.69) is 9.97 Å². The van der Waals surface area contributed by atoms with Crippen LogP contribution < -0.4 is 5.73 Å². The van der Waals surface area contributed by atoms with Crippen molar-refractivity contribution < 1.29 is 8.78 Å². The van der Waals surface area contributed by atoms with E-state index in [1.807, 2.05) is 0 Å². The Morgan fingerprint density at radius 3 is 2.54 bits per heavy atom. The fraction of sp³-hybridized carbons (Fsp3) is 0.429. The molecular formula is C7H8ClF2N3. The van der Waals surface area contributed by atoms with E-state index in [1.165, 1.54) is 12.4 Å². The van der Waals surface area contributed by atoms with Gasteiger partial charge in [-0.15, -0.1) is 0 Å². The number of hydrogen-bond acceptors (Lipinski definition) is 3. The lowest BCUT2D eigenvalue weighted by atomic mass is 10.2. The van der Waals surface area contributed by atoms with Crippen molar-refractivity contribution in [3.63, 3.8) is 0 Å². The van der Waals surface area contributed by atoms with Crippen LogP contribution in [-0.4, -0.2) is 22.4 Å². The van der Waals surface area contributed by atoms with Crippen LogP contribution in [0.3, 0.4) is 0 Å². The lowest BCUT2D eigenvalue weighted by Gasteiger charge is -2.08. The fourth-order valence-electron chi connectivity index (χ4n) is 0.775. The number of rotatable bonds is 3. The van der Waals surface area contributed by atoms with E-state index in [0.717, 1.165) is 0 Å². The van der Waals surface area contributed by atoms with Crippen LogP contribution in [0.25, 0.3) is 0 Å². The average molecular weight is 208 g/mol. The Morgan fingerprint density at radius 2 is 2.08 bits per heavy atom. The Bertz CT molecular complexity index is 265. The van der Waals surface area contributed by atoms with Crippen LogP contribution in [0.2, 0.25) is 5.15 Å². The predicted octanol–water partition coefficient (Wildman–Crippen LogP) is 1.26. The summed E-state index contributed by atoms with van der Waals surface area (Å²) in [6.07, 6.45) is 0.0964. The van der Waals surface area contributed by atoms with Gasteiger partial charge < -0.3 is 5.73 Å². The highest BCUT2D eigenvalue weighted by Gasteiger charge is 2.16. The third-order valence-corrected chi connectivity index (χ3v) is 1.64. The average Bonchev–Trinajstić information content (AvgIpc) is 2.08. The lowest BCUT2D eigenvalue weighted by molar-refractivity contribution is 0.115. The number of nitrogens with two attached hydrogens (primary N) is 1. The van der Waals surface area contributed by atoms with E-state index < -0.39 is 12.5 Å². The monoisotopic (exact) mass is 207 g/mol. The highest BCUT2D eigenvalue weighted by Crippen LogP contribution is 2.06. The number of hydrogen-bond donors (Lipinski definition) is 1. The number of nitrogens with zero attached hydrogens (tertiary/aromatic N) is 2. The van der Waals surface area contributed by atoms with Crippen LogP contribution in [-0.2, 0) is 6.42 Å². The molecular weight excluding hydrogens is 200 g/mol. The largest absolute Gasteiger partial charge is 0.323 e. The number of alkyl halides is 2. The Labute approximate surface area is 78.9 Å². The van der Waals surface area contributed by atoms with Crippen LogP contribution in [0, 0.1) is 0 Å². The highest BCUT2D eigenvalue weighted by molar-refractivity contribution is 6.29. The second-order valence-electron chi connectivity index (χ2n) is 2.53. The molecule has 0 aromatic carbocycles. The second kappa shape index (κ2) is 4.43. The van der Waals surface area contributed by atoms with Crippen molar-refractivity contribution in [3.8, 4) is 0 Å². The zero-order valence-electron chi connectivity index (χ0n) is 6.62. The van der Waals surface area contributed by atoms with E-state index in [1.54, 1.807) is 0 Å². The maximum absolute atomic E-state index is 12.0. The SMILES string of the molecule is NC(Cc1cnc(Cl)cn1)C(F)F. The molecule has 1 aromatic heterocycles. The van der Waals surface area contributed by atoms with E-state index in [4.69, 9.17) is 17.3 Å². The third kappa shape index (κ3) is 3.20. The predicted molar refractivity (Wildman–Crippen MR) is 44.7 cm³/mol. The van der Waals surface area contributed by atoms with Crippen molar-refractivity contribution in [3.05, 3.63) is 23.2 Å². The summed E-state index contributed by atoms with van der Waals surface area (Å²) in [5.74, 6) is 0. The first-order valence-corrected chi connectivity index (χ1v) is 3.97. The van der Waals surface area contributed by atoms with Gasteiger partial charge in [0.25, 0.3) is 6.43 Å². The van der Waals surface area contributed by atoms with Gasteiger partial charge in [-0.3, -0.25) is 4.98 Å². The van der Waals surface area contributed by atoms with E-state index >= 15 is 0 Å². The summed E-state index contributed by atoms with van der Waals surface area (Å²) in [5, 5.41) is 0.231. The van der Waals surface area contributed by atoms with Crippen LogP contribution in [0.5, 0.6) is 0 Å². The molecule has 0 aliphatic heterocycles. The molecule has 1 unspecified atom stereocenters. The first-order valence-electron chi connectivity index (χ1n) is 3.59. The van der Waals surface area contributed by atoms with Gasteiger partial charge in [0, 0.05) is 6.42 Å². The molecule has 6 heteroatoms. The second-order valence-corrected chi connectivity index (χ2v) is 2.92. The molecule has 0 aliphatic rings. The van der Waals surface area contributed by atoms with Gasteiger partial charge in [-0.1, -0.05) is 11.6 Å². The van der Waals surface area contributed by atoms with E-state index in [0.29, 0.717) is 5.69 Å². The molecule has 1 atom stereocenters. The first kappa shape index (κ1) is 10.3. The maximum Gasteiger partial charge on any atom is 0.253 e. The van der Waals surface area contributed by atoms with Crippen LogP contribution in [0.1, 0.15) is 5.69 Å². The smallest absolute Gasteiger partial charge is 0.253 e. The number of halogens is 3. The van der Waals surface area contributed by atoms with E-state index in [9.17, 15) is 8.78 Å². The van der Waals surface area contributed by atoms with Crippen molar-refractivity contribution >= 4 is 11.6 Å². The van der Waals surface area contributed by atoms with Gasteiger partial charge in [0.15, 0.2) is 0 Å². The summed E-state index contributed by atoms with van der Waals surface area (Å²) in [5.41, 5.74) is 5.55. The normalized spacial score (nSPS) is 13.3. The summed E-state index contributed by atoms with van der Waals surface area (Å²) >= 11 is 5.46. The Balaban J connectivity index is 2.59. The highest BCUT2D eigenvalue weighted by atomic mass is 35.5. The quantitative estimate of drug-likeness (QED) is 0.812. The molecule has 0 radical (unpaired) electrons. The van der Waals surface area contributed by atoms with Gasteiger partial charge in [0.1, 0.15) is 5.15 Å². The minimum atomic E-state index is -2.54. The minimum Gasteiger partial charge on any atom is -0.323 e. The molecule has 72 valence electrons. The van der Waals surface area contributed by atoms with E-state index in [-0.39, 0.29) is 11.6 Å². The molecule has 0 fully saturated rings. The topological polar surface area (TPSA) is 51.8 Å². The lowest BCUT2D eigenvalue weighted by Crippen LogP contribution is -2.31. The van der Waals surface area contributed by atoms with Crippen molar-refractivity contribution in [1.82, 2.24) is 9.97 Å². The minimum absolute atomic E-state index is 0.00182. The molecule has 0 amide bonds. The molecule has 1 heterocycles. The number of aromatic nitrogens is 2. The van der Waals surface area contributed by atoms with Crippen molar-refractivity contribution in [2.24, 2.45) is 5.73 Å². The molecule has 2 N–H and O–H groups in total. The molecule has 13 heavy (non-hydrogen) atoms. The summed E-state index contributed by atoms with van der Waals surface area (Å²) in [7, 11) is 0. The molecule has 1 aromatic rings. The maximum atomic E-state index is 12.0. The summed E-state index contributed by atoms with van der Waals surface area (Å²) in [6.45, 7) is 0. The molecule has 3 nitrogen and oxygen atoms in total. The van der Waals surface area contributed by atoms with Gasteiger partial charge in [0.05, 0.1) is 24.1 Å². The standard InChI is InChI=1S/C7H8ClF2N3/c8-6-3-12-4(2-13-6)1-5(11)7(9)10/h2-3,5,7H,1,11H2. The fourth-order valence-corrected chi connectivity index (χ4v) is 0.873. The van der Waals surface area contributed by atoms with Gasteiger partial charge in [0.2, 0.25) is 0 Å². The van der Waals surface area contributed by atoms with Crippen LogP contribution in [0.15, 0.2) is 12.4 Å². The van der Waals surface area contributed by atoms with Gasteiger partial charge in [-0.2, -0.15) is 0 Å². The molecule has 0 saturated heterocycles. The molecule has 0 aliphatic carbocycles. The summed E-state index contributed by atoms with van der Waals surface area (Å²) in [6, 6.07) is -1.20. The zero-order valence-corrected chi connectivity index (χ0v) is 7.38. The molecule has 1 rings (SSSR count). The van der Waals surface area contributed by atoms with Crippen LogP contribution >= 0.6 is 11.6 Å². The Kier molecular flexibility index (Phi) is 3.50. The first-order chi connectivity index (χ1) is 6.09. The molecule has 0 spiro atoms. The summed E-state index contributed by atoms with van der Waals surface area (Å²) < 4.78 is 24.0. The Hall–Kier alpha value is -0.810. The van der Waals surface area contributed by atoms with Crippen molar-refractivity contribution in [1.29, 1.82) is 0 Å². The van der Waals surface area contributed by atoms with Gasteiger partial charge >= 0.3 is 0 Å². The zero-order chi connectivity index (χ0) is 9.84. The van der Waals surface area contributed by atoms with Crippen molar-refractivity contribution in [2.75, 3.05) is 0 Å². The summed E-state index contributed by atoms with van der Waals surface area (Å²) in [4.78, 5) is 7.49. The van der Waals surface area contributed by atoms with Gasteiger partial charge in [-0.05, 0) is 0 Å². The van der Waals surface area contributed by atoms with Gasteiger partial charge in [-0.25, -0.2) is 13.8 Å². The van der Waals surface area contributed by atoms with Crippen LogP contribution in [0.4, 0.5) is 8.78 Å². The molecule has 0 bridgehead atoms. The third-order valence-electron chi connectivity index (χ3n) is 1.44. The van der Waals surface area contributed by atoms with Crippen molar-refractivity contribution in [2.45, 2.75) is 18.9 Å².